The number of nitrogens with zero attached hydrogens (tertiary/aromatic N) is 3. The van der Waals surface area contributed by atoms with Gasteiger partial charge in [-0.1, -0.05) is 6.92 Å². The molecule has 1 saturated heterocycles. The number of anilines is 1. The minimum atomic E-state index is 0.301. The van der Waals surface area contributed by atoms with Crippen molar-refractivity contribution in [3.05, 3.63) is 17.0 Å². The second kappa shape index (κ2) is 6.34. The Morgan fingerprint density at radius 3 is 2.89 bits per heavy atom. The zero-order chi connectivity index (χ0) is 13.0. The molecule has 0 radical (unpaired) electrons. The molecule has 1 aliphatic heterocycles. The first-order valence-corrected chi connectivity index (χ1v) is 6.98. The van der Waals surface area contributed by atoms with E-state index in [1.165, 1.54) is 25.9 Å². The zero-order valence-corrected chi connectivity index (χ0v) is 11.9. The van der Waals surface area contributed by atoms with Gasteiger partial charge in [0.05, 0.1) is 0 Å². The fraction of sp³-hybridized carbons (Fsp3) is 0.692. The monoisotopic (exact) mass is 268 g/mol. The van der Waals surface area contributed by atoms with Crippen molar-refractivity contribution in [1.29, 1.82) is 0 Å². The molecule has 1 aliphatic rings. The van der Waals surface area contributed by atoms with Gasteiger partial charge in [0, 0.05) is 24.8 Å². The van der Waals surface area contributed by atoms with Gasteiger partial charge in [0.15, 0.2) is 0 Å². The highest BCUT2D eigenvalue weighted by atomic mass is 35.5. The molecule has 0 aromatic carbocycles. The van der Waals surface area contributed by atoms with Crippen molar-refractivity contribution >= 4 is 17.4 Å². The average molecular weight is 269 g/mol. The van der Waals surface area contributed by atoms with Gasteiger partial charge in [0.2, 0.25) is 5.28 Å². The fourth-order valence-corrected chi connectivity index (χ4v) is 2.47. The third kappa shape index (κ3) is 3.82. The molecule has 0 saturated carbocycles. The zero-order valence-electron chi connectivity index (χ0n) is 11.1. The summed E-state index contributed by atoms with van der Waals surface area (Å²) in [6, 6.07) is 0. The summed E-state index contributed by atoms with van der Waals surface area (Å²) < 4.78 is 0. The van der Waals surface area contributed by atoms with E-state index in [-0.39, 0.29) is 0 Å². The molecule has 100 valence electrons. The van der Waals surface area contributed by atoms with Crippen LogP contribution in [0.3, 0.4) is 0 Å². The highest BCUT2D eigenvalue weighted by molar-refractivity contribution is 6.28. The van der Waals surface area contributed by atoms with Crippen molar-refractivity contribution in [3.63, 3.8) is 0 Å². The van der Waals surface area contributed by atoms with Gasteiger partial charge in [0.1, 0.15) is 5.82 Å². The molecule has 1 atom stereocenters. The van der Waals surface area contributed by atoms with E-state index in [9.17, 15) is 0 Å². The smallest absolute Gasteiger partial charge is 0.224 e. The standard InChI is InChI=1S/C13H21ClN4/c1-10(9-18-5-3-4-6-18)7-15-12-11(2)8-16-13(14)17-12/h8,10H,3-7,9H2,1-2H3,(H,15,16,17). The van der Waals surface area contributed by atoms with Crippen molar-refractivity contribution in [3.8, 4) is 0 Å². The number of hydrogen-bond acceptors (Lipinski definition) is 4. The minimum absolute atomic E-state index is 0.301. The highest BCUT2D eigenvalue weighted by Crippen LogP contribution is 2.14. The predicted octanol–water partition coefficient (Wildman–Crippen LogP) is 2.58. The van der Waals surface area contributed by atoms with E-state index in [0.717, 1.165) is 24.5 Å². The second-order valence-electron chi connectivity index (χ2n) is 5.16. The number of aryl methyl sites for hydroxylation is 1. The van der Waals surface area contributed by atoms with Crippen LogP contribution in [-0.4, -0.2) is 41.0 Å². The maximum Gasteiger partial charge on any atom is 0.224 e. The molecule has 1 fully saturated rings. The average Bonchev–Trinajstić information content (AvgIpc) is 2.83. The van der Waals surface area contributed by atoms with Crippen molar-refractivity contribution in [2.45, 2.75) is 26.7 Å². The molecular formula is C13H21ClN4. The van der Waals surface area contributed by atoms with E-state index >= 15 is 0 Å². The Morgan fingerprint density at radius 1 is 1.44 bits per heavy atom. The van der Waals surface area contributed by atoms with Crippen LogP contribution in [0, 0.1) is 12.8 Å². The van der Waals surface area contributed by atoms with Gasteiger partial charge in [-0.15, -0.1) is 0 Å². The Bertz CT molecular complexity index is 391. The number of aromatic nitrogens is 2. The molecule has 1 aromatic heterocycles. The third-order valence-electron chi connectivity index (χ3n) is 3.33. The summed E-state index contributed by atoms with van der Waals surface area (Å²) >= 11 is 5.80. The van der Waals surface area contributed by atoms with Crippen LogP contribution in [0.1, 0.15) is 25.3 Å². The first-order valence-electron chi connectivity index (χ1n) is 6.60. The van der Waals surface area contributed by atoms with Crippen LogP contribution in [0.5, 0.6) is 0 Å². The molecule has 4 nitrogen and oxygen atoms in total. The van der Waals surface area contributed by atoms with Gasteiger partial charge in [-0.3, -0.25) is 0 Å². The molecule has 1 unspecified atom stereocenters. The summed E-state index contributed by atoms with van der Waals surface area (Å²) in [4.78, 5) is 10.7. The lowest BCUT2D eigenvalue weighted by Gasteiger charge is -2.21. The molecule has 18 heavy (non-hydrogen) atoms. The molecule has 5 heteroatoms. The van der Waals surface area contributed by atoms with Gasteiger partial charge in [-0.25, -0.2) is 9.97 Å². The van der Waals surface area contributed by atoms with Crippen LogP contribution >= 0.6 is 11.6 Å². The van der Waals surface area contributed by atoms with Crippen LogP contribution in [0.4, 0.5) is 5.82 Å². The lowest BCUT2D eigenvalue weighted by molar-refractivity contribution is 0.294. The topological polar surface area (TPSA) is 41.1 Å². The van der Waals surface area contributed by atoms with Crippen molar-refractivity contribution in [2.75, 3.05) is 31.5 Å². The third-order valence-corrected chi connectivity index (χ3v) is 3.51. The van der Waals surface area contributed by atoms with Crippen LogP contribution in [0.2, 0.25) is 5.28 Å². The lowest BCUT2D eigenvalue weighted by Crippen LogP contribution is -2.29. The van der Waals surface area contributed by atoms with Gasteiger partial charge in [-0.2, -0.15) is 0 Å². The highest BCUT2D eigenvalue weighted by Gasteiger charge is 2.14. The summed E-state index contributed by atoms with van der Waals surface area (Å²) in [6.45, 7) is 8.84. The molecule has 0 bridgehead atoms. The Labute approximate surface area is 114 Å². The summed E-state index contributed by atoms with van der Waals surface area (Å²) in [7, 11) is 0. The van der Waals surface area contributed by atoms with E-state index in [1.807, 2.05) is 6.92 Å². The lowest BCUT2D eigenvalue weighted by atomic mass is 10.1. The Morgan fingerprint density at radius 2 is 2.17 bits per heavy atom. The molecule has 2 heterocycles. The van der Waals surface area contributed by atoms with Crippen molar-refractivity contribution in [1.82, 2.24) is 14.9 Å². The Kier molecular flexibility index (Phi) is 4.78. The summed E-state index contributed by atoms with van der Waals surface area (Å²) in [6.07, 6.45) is 4.45. The summed E-state index contributed by atoms with van der Waals surface area (Å²) in [5, 5.41) is 3.67. The fourth-order valence-electron chi connectivity index (χ4n) is 2.34. The van der Waals surface area contributed by atoms with E-state index in [1.54, 1.807) is 6.20 Å². The molecule has 2 rings (SSSR count). The van der Waals surface area contributed by atoms with E-state index in [4.69, 9.17) is 11.6 Å². The number of rotatable bonds is 5. The number of nitrogens with one attached hydrogen (secondary N) is 1. The predicted molar refractivity (Wildman–Crippen MR) is 75.1 cm³/mol. The first-order chi connectivity index (χ1) is 8.65. The van der Waals surface area contributed by atoms with Gasteiger partial charge in [0.25, 0.3) is 0 Å². The van der Waals surface area contributed by atoms with E-state index in [2.05, 4.69) is 27.1 Å². The van der Waals surface area contributed by atoms with Crippen molar-refractivity contribution in [2.24, 2.45) is 5.92 Å². The van der Waals surface area contributed by atoms with Gasteiger partial charge in [-0.05, 0) is 50.4 Å². The normalized spacial score (nSPS) is 17.9. The maximum atomic E-state index is 5.80. The van der Waals surface area contributed by atoms with Crippen LogP contribution in [0.25, 0.3) is 0 Å². The van der Waals surface area contributed by atoms with Crippen LogP contribution < -0.4 is 5.32 Å². The second-order valence-corrected chi connectivity index (χ2v) is 5.50. The molecular weight excluding hydrogens is 248 g/mol. The van der Waals surface area contributed by atoms with E-state index < -0.39 is 0 Å². The Balaban J connectivity index is 1.81. The van der Waals surface area contributed by atoms with Gasteiger partial charge < -0.3 is 10.2 Å². The molecule has 0 spiro atoms. The quantitative estimate of drug-likeness (QED) is 0.834. The summed E-state index contributed by atoms with van der Waals surface area (Å²) in [5.41, 5.74) is 1.03. The number of likely N-dealkylation sites (tertiary alicyclic amines) is 1. The minimum Gasteiger partial charge on any atom is -0.369 e. The molecule has 1 N–H and O–H groups in total. The summed E-state index contributed by atoms with van der Waals surface area (Å²) in [5.74, 6) is 1.46. The number of halogens is 1. The van der Waals surface area contributed by atoms with Crippen molar-refractivity contribution < 1.29 is 0 Å². The maximum absolute atomic E-state index is 5.80. The largest absolute Gasteiger partial charge is 0.369 e. The van der Waals surface area contributed by atoms with E-state index in [0.29, 0.717) is 11.2 Å². The first kappa shape index (κ1) is 13.6. The number of hydrogen-bond donors (Lipinski definition) is 1. The molecule has 1 aromatic rings. The Hall–Kier alpha value is -0.870. The van der Waals surface area contributed by atoms with Gasteiger partial charge >= 0.3 is 0 Å². The molecule has 0 amide bonds. The SMILES string of the molecule is Cc1cnc(Cl)nc1NCC(C)CN1CCCC1. The van der Waals surface area contributed by atoms with Crippen LogP contribution in [-0.2, 0) is 0 Å². The van der Waals surface area contributed by atoms with Crippen LogP contribution in [0.15, 0.2) is 6.20 Å². The molecule has 0 aliphatic carbocycles.